The molecule has 1 unspecified atom stereocenters. The minimum Gasteiger partial charge on any atom is -0.397 e. The molecule has 0 aliphatic carbocycles. The smallest absolute Gasteiger partial charge is 0.139 e. The van der Waals surface area contributed by atoms with Gasteiger partial charge in [-0.2, -0.15) is 0 Å². The number of anilines is 2. The van der Waals surface area contributed by atoms with Crippen molar-refractivity contribution in [2.75, 3.05) is 17.7 Å². The Kier molecular flexibility index (Phi) is 4.98. The summed E-state index contributed by atoms with van der Waals surface area (Å²) in [4.78, 5) is 0. The predicted molar refractivity (Wildman–Crippen MR) is 83.2 cm³/mol. The molecule has 5 heteroatoms. The van der Waals surface area contributed by atoms with E-state index in [-0.39, 0.29) is 12.6 Å². The van der Waals surface area contributed by atoms with Crippen LogP contribution in [0.25, 0.3) is 0 Å². The summed E-state index contributed by atoms with van der Waals surface area (Å²) in [6.07, 6.45) is 0.659. The third-order valence-corrected chi connectivity index (χ3v) is 3.61. The number of benzene rings is 2. The summed E-state index contributed by atoms with van der Waals surface area (Å²) in [5.41, 5.74) is 7.81. The topological polar surface area (TPSA) is 58.3 Å². The Balaban J connectivity index is 2.12. The van der Waals surface area contributed by atoms with Gasteiger partial charge in [-0.05, 0) is 34.0 Å². The van der Waals surface area contributed by atoms with Gasteiger partial charge < -0.3 is 16.2 Å². The van der Waals surface area contributed by atoms with Crippen molar-refractivity contribution in [1.29, 1.82) is 0 Å². The molecule has 106 valence electrons. The highest BCUT2D eigenvalue weighted by atomic mass is 79.9. The third-order valence-electron chi connectivity index (χ3n) is 3.00. The van der Waals surface area contributed by atoms with Crippen molar-refractivity contribution in [1.82, 2.24) is 0 Å². The van der Waals surface area contributed by atoms with Gasteiger partial charge in [-0.15, -0.1) is 0 Å². The number of halogens is 2. The molecule has 2 aromatic rings. The average Bonchev–Trinajstić information content (AvgIpc) is 2.45. The van der Waals surface area contributed by atoms with E-state index in [2.05, 4.69) is 21.2 Å². The first-order valence-corrected chi connectivity index (χ1v) is 7.05. The van der Waals surface area contributed by atoms with Crippen molar-refractivity contribution in [3.05, 3.63) is 58.3 Å². The Morgan fingerprint density at radius 1 is 1.25 bits per heavy atom. The zero-order valence-corrected chi connectivity index (χ0v) is 12.4. The van der Waals surface area contributed by atoms with Crippen LogP contribution < -0.4 is 11.1 Å². The van der Waals surface area contributed by atoms with Gasteiger partial charge in [0.15, 0.2) is 0 Å². The van der Waals surface area contributed by atoms with E-state index >= 15 is 0 Å². The van der Waals surface area contributed by atoms with Crippen LogP contribution in [-0.2, 0) is 6.42 Å². The molecule has 0 spiro atoms. The fraction of sp³-hybridized carbons (Fsp3) is 0.200. The summed E-state index contributed by atoms with van der Waals surface area (Å²) in [7, 11) is 0. The van der Waals surface area contributed by atoms with Gasteiger partial charge in [0.25, 0.3) is 0 Å². The molecule has 20 heavy (non-hydrogen) atoms. The maximum atomic E-state index is 13.3. The molecule has 4 N–H and O–H groups in total. The highest BCUT2D eigenvalue weighted by Crippen LogP contribution is 2.27. The third kappa shape index (κ3) is 3.71. The van der Waals surface area contributed by atoms with Gasteiger partial charge >= 0.3 is 0 Å². The molecular weight excluding hydrogens is 323 g/mol. The quantitative estimate of drug-likeness (QED) is 0.734. The van der Waals surface area contributed by atoms with Gasteiger partial charge in [0.05, 0.1) is 28.5 Å². The molecule has 0 amide bonds. The first-order valence-electron chi connectivity index (χ1n) is 6.26. The Labute approximate surface area is 125 Å². The number of nitrogen functional groups attached to an aromatic ring is 1. The van der Waals surface area contributed by atoms with E-state index in [1.807, 2.05) is 30.3 Å². The van der Waals surface area contributed by atoms with Crippen LogP contribution in [0.3, 0.4) is 0 Å². The average molecular weight is 339 g/mol. The second kappa shape index (κ2) is 6.72. The first kappa shape index (κ1) is 14.8. The first-order chi connectivity index (χ1) is 9.60. The summed E-state index contributed by atoms with van der Waals surface area (Å²) in [6, 6.07) is 12.5. The highest BCUT2D eigenvalue weighted by Gasteiger charge is 2.12. The minimum absolute atomic E-state index is 0.0384. The van der Waals surface area contributed by atoms with E-state index in [1.165, 1.54) is 6.07 Å². The van der Waals surface area contributed by atoms with Gasteiger partial charge in [-0.3, -0.25) is 0 Å². The van der Waals surface area contributed by atoms with Gasteiger partial charge in [-0.25, -0.2) is 4.39 Å². The Bertz CT molecular complexity index is 578. The second-order valence-electron chi connectivity index (χ2n) is 4.57. The van der Waals surface area contributed by atoms with E-state index in [9.17, 15) is 9.50 Å². The number of hydrogen-bond acceptors (Lipinski definition) is 3. The summed E-state index contributed by atoms with van der Waals surface area (Å²) >= 11 is 3.13. The standard InChI is InChI=1S/C15H16BrFN2O/c16-12-7-15(14(18)8-13(12)17)19-11(9-20)6-10-4-2-1-3-5-10/h1-5,7-8,11,19-20H,6,9,18H2. The van der Waals surface area contributed by atoms with E-state index in [4.69, 9.17) is 5.73 Å². The van der Waals surface area contributed by atoms with E-state index < -0.39 is 5.82 Å². The molecule has 0 saturated heterocycles. The summed E-state index contributed by atoms with van der Waals surface area (Å²) in [6.45, 7) is -0.0384. The molecule has 0 aromatic heterocycles. The number of aliphatic hydroxyl groups excluding tert-OH is 1. The summed E-state index contributed by atoms with van der Waals surface area (Å²) < 4.78 is 13.7. The second-order valence-corrected chi connectivity index (χ2v) is 5.42. The monoisotopic (exact) mass is 338 g/mol. The molecule has 3 nitrogen and oxygen atoms in total. The fourth-order valence-corrected chi connectivity index (χ4v) is 2.31. The Hall–Kier alpha value is -1.59. The Morgan fingerprint density at radius 3 is 2.60 bits per heavy atom. The Morgan fingerprint density at radius 2 is 1.95 bits per heavy atom. The van der Waals surface area contributed by atoms with Crippen LogP contribution in [0, 0.1) is 5.82 Å². The molecule has 0 radical (unpaired) electrons. The highest BCUT2D eigenvalue weighted by molar-refractivity contribution is 9.10. The SMILES string of the molecule is Nc1cc(F)c(Br)cc1NC(CO)Cc1ccccc1. The number of nitrogens with one attached hydrogen (secondary N) is 1. The minimum atomic E-state index is -0.406. The van der Waals surface area contributed by atoms with E-state index in [0.29, 0.717) is 22.3 Å². The van der Waals surface area contributed by atoms with Gasteiger partial charge in [-0.1, -0.05) is 30.3 Å². The molecule has 0 saturated carbocycles. The van der Waals surface area contributed by atoms with Gasteiger partial charge in [0.2, 0.25) is 0 Å². The molecule has 0 heterocycles. The predicted octanol–water partition coefficient (Wildman–Crippen LogP) is 3.19. The van der Waals surface area contributed by atoms with Gasteiger partial charge in [0.1, 0.15) is 5.82 Å². The maximum Gasteiger partial charge on any atom is 0.139 e. The number of hydrogen-bond donors (Lipinski definition) is 3. The van der Waals surface area contributed by atoms with Crippen LogP contribution in [-0.4, -0.2) is 17.8 Å². The van der Waals surface area contributed by atoms with Gasteiger partial charge in [0, 0.05) is 6.07 Å². The lowest BCUT2D eigenvalue weighted by Gasteiger charge is -2.19. The molecule has 0 aliphatic heterocycles. The maximum absolute atomic E-state index is 13.3. The molecule has 2 aromatic carbocycles. The van der Waals surface area contributed by atoms with Crippen LogP contribution in [0.2, 0.25) is 0 Å². The number of rotatable bonds is 5. The van der Waals surface area contributed by atoms with Crippen molar-refractivity contribution in [2.24, 2.45) is 0 Å². The molecule has 1 atom stereocenters. The van der Waals surface area contributed by atoms with Crippen LogP contribution >= 0.6 is 15.9 Å². The van der Waals surface area contributed by atoms with Crippen molar-refractivity contribution >= 4 is 27.3 Å². The molecule has 2 rings (SSSR count). The fourth-order valence-electron chi connectivity index (χ4n) is 1.97. The summed E-state index contributed by atoms with van der Waals surface area (Å²) in [5.74, 6) is -0.406. The molecule has 0 fully saturated rings. The normalized spacial score (nSPS) is 12.2. The lowest BCUT2D eigenvalue weighted by atomic mass is 10.1. The van der Waals surface area contributed by atoms with E-state index in [0.717, 1.165) is 5.56 Å². The zero-order valence-electron chi connectivity index (χ0n) is 10.8. The van der Waals surface area contributed by atoms with Crippen LogP contribution in [0.5, 0.6) is 0 Å². The van der Waals surface area contributed by atoms with E-state index in [1.54, 1.807) is 6.07 Å². The van der Waals surface area contributed by atoms with Crippen LogP contribution in [0.1, 0.15) is 5.56 Å². The van der Waals surface area contributed by atoms with Crippen molar-refractivity contribution in [3.63, 3.8) is 0 Å². The molecule has 0 bridgehead atoms. The largest absolute Gasteiger partial charge is 0.397 e. The van der Waals surface area contributed by atoms with Crippen molar-refractivity contribution in [2.45, 2.75) is 12.5 Å². The molecular formula is C15H16BrFN2O. The number of aliphatic hydroxyl groups is 1. The van der Waals surface area contributed by atoms with Crippen molar-refractivity contribution < 1.29 is 9.50 Å². The lowest BCUT2D eigenvalue weighted by Crippen LogP contribution is -2.26. The molecule has 0 aliphatic rings. The van der Waals surface area contributed by atoms with Crippen molar-refractivity contribution in [3.8, 4) is 0 Å². The van der Waals surface area contributed by atoms with Crippen LogP contribution in [0.15, 0.2) is 46.9 Å². The lowest BCUT2D eigenvalue weighted by molar-refractivity contribution is 0.274. The zero-order chi connectivity index (χ0) is 14.5. The number of nitrogens with two attached hydrogens (primary N) is 1. The van der Waals surface area contributed by atoms with Crippen LogP contribution in [0.4, 0.5) is 15.8 Å². The summed E-state index contributed by atoms with van der Waals surface area (Å²) in [5, 5.41) is 12.6.